The van der Waals surface area contributed by atoms with Gasteiger partial charge in [-0.25, -0.2) is 0 Å². The second kappa shape index (κ2) is 41.7. The first-order chi connectivity index (χ1) is 22.4. The van der Waals surface area contributed by atoms with Gasteiger partial charge >= 0.3 is 46.7 Å². The Morgan fingerprint density at radius 3 is 0.872 bits per heavy atom. The predicted octanol–water partition coefficient (Wildman–Crippen LogP) is 10.1. The van der Waals surface area contributed by atoms with E-state index in [1.807, 2.05) is 0 Å². The number of thiol groups is 3. The standard InChI is InChI=1S/3C10H20O2S2.C4H9.Sn/c3*1-3-5-6-8(4-2)7-9(13)10(11)12-14;1-3-4-2;/h3*8-9,13-14H,3-7H2,1-2H3;1,3-4H2,2H3;/q;;;;+3/p-3. The van der Waals surface area contributed by atoms with Crippen LogP contribution in [-0.4, -0.2) is 56.2 Å². The third-order valence-corrected chi connectivity index (χ3v) is 10.7. The molecule has 0 spiro atoms. The van der Waals surface area contributed by atoms with Crippen LogP contribution in [0.3, 0.4) is 0 Å². The van der Waals surface area contributed by atoms with Gasteiger partial charge in [0.2, 0.25) is 0 Å². The van der Waals surface area contributed by atoms with E-state index in [-0.39, 0.29) is 15.7 Å². The zero-order valence-electron chi connectivity index (χ0n) is 30.2. The first-order valence-corrected chi connectivity index (χ1v) is 22.1. The summed E-state index contributed by atoms with van der Waals surface area (Å²) < 4.78 is 14.1. The molecule has 278 valence electrons. The van der Waals surface area contributed by atoms with Gasteiger partial charge in [0.1, 0.15) is 0 Å². The fraction of sp³-hybridized carbons (Fsp3) is 0.912. The van der Waals surface area contributed by atoms with E-state index in [1.54, 1.807) is 22.5 Å². The molecule has 0 fully saturated rings. The summed E-state index contributed by atoms with van der Waals surface area (Å²) in [6.07, 6.45) is 19.1. The van der Waals surface area contributed by atoms with Crippen molar-refractivity contribution in [2.45, 2.75) is 178 Å². The molecule has 13 heteroatoms. The van der Waals surface area contributed by atoms with Gasteiger partial charge in [0.25, 0.3) is 17.9 Å². The maximum atomic E-state index is 11.0. The third-order valence-electron chi connectivity index (χ3n) is 7.89. The minimum absolute atomic E-state index is 0.352. The molecule has 0 aromatic rings. The molecular weight excluding hydrogens is 815 g/mol. The van der Waals surface area contributed by atoms with Gasteiger partial charge in [-0.3, -0.25) is 14.4 Å². The zero-order valence-corrected chi connectivity index (χ0v) is 38.2. The number of carbonyl (C=O) groups is 3. The second-order valence-corrected chi connectivity index (χ2v) is 15.6. The van der Waals surface area contributed by atoms with Crippen LogP contribution in [0.1, 0.15) is 158 Å². The molecule has 0 bridgehead atoms. The Labute approximate surface area is 336 Å². The summed E-state index contributed by atoms with van der Waals surface area (Å²) in [4.78, 5) is 33.1. The summed E-state index contributed by atoms with van der Waals surface area (Å²) in [5, 5.41) is -1.06. The topological polar surface area (TPSA) is 78.9 Å². The Balaban J connectivity index is -0.000000275. The van der Waals surface area contributed by atoms with Gasteiger partial charge in [0, 0.05) is 0 Å². The van der Waals surface area contributed by atoms with E-state index in [0.717, 1.165) is 57.8 Å². The summed E-state index contributed by atoms with van der Waals surface area (Å²) in [5.74, 6) is 0.513. The van der Waals surface area contributed by atoms with Crippen molar-refractivity contribution in [1.82, 2.24) is 0 Å². The van der Waals surface area contributed by atoms with Crippen molar-refractivity contribution in [3.8, 4) is 0 Å². The summed E-state index contributed by atoms with van der Waals surface area (Å²) in [6.45, 7) is 15.1. The molecule has 0 rings (SSSR count). The van der Waals surface area contributed by atoms with E-state index < -0.39 is 17.9 Å². The van der Waals surface area contributed by atoms with E-state index in [1.165, 1.54) is 55.8 Å². The molecule has 0 aliphatic carbocycles. The summed E-state index contributed by atoms with van der Waals surface area (Å²) >= 11 is 26.9. The number of unbranched alkanes of at least 4 members (excludes halogenated alkanes) is 4. The first-order valence-electron chi connectivity index (χ1n) is 17.6. The summed E-state index contributed by atoms with van der Waals surface area (Å²) in [6, 6.07) is 0. The zero-order chi connectivity index (χ0) is 37.0. The quantitative estimate of drug-likeness (QED) is 0.0528. The van der Waals surface area contributed by atoms with E-state index in [9.17, 15) is 14.4 Å². The molecule has 0 saturated carbocycles. The van der Waals surface area contributed by atoms with Gasteiger partial charge in [-0.15, -0.1) is 0 Å². The Kier molecular flexibility index (Phi) is 48.9. The molecule has 0 heterocycles. The SMILES string of the molecule is CCCCC(CC)CC(S)C(=O)O[S-].CCCCC(CC)CC(S)C(=O)O[S-].CCCCC(CC)CC(S)C(=O)O[S-].CCC[CH2][Sn+3]. The molecule has 0 radical (unpaired) electrons. The Morgan fingerprint density at radius 2 is 0.745 bits per heavy atom. The Morgan fingerprint density at radius 1 is 0.511 bits per heavy atom. The number of hydrogen-bond donors (Lipinski definition) is 3. The number of carbonyl (C=O) groups excluding carboxylic acids is 3. The van der Waals surface area contributed by atoms with Gasteiger partial charge in [-0.2, -0.15) is 37.9 Å². The van der Waals surface area contributed by atoms with Crippen LogP contribution in [-0.2, 0) is 65.7 Å². The maximum absolute atomic E-state index is 11.0. The van der Waals surface area contributed by atoms with Crippen molar-refractivity contribution < 1.29 is 26.9 Å². The first kappa shape index (κ1) is 55.1. The summed E-state index contributed by atoms with van der Waals surface area (Å²) in [7, 11) is 0. The molecule has 0 saturated heterocycles. The fourth-order valence-corrected chi connectivity index (χ4v) is 7.15. The van der Waals surface area contributed by atoms with Gasteiger partial charge < -0.3 is 51.3 Å². The molecular formula is C34H66O6S6Sn. The van der Waals surface area contributed by atoms with Crippen molar-refractivity contribution in [2.75, 3.05) is 0 Å². The molecule has 6 atom stereocenters. The normalized spacial score (nSPS) is 14.2. The fourth-order valence-electron chi connectivity index (χ4n) is 4.52. The monoisotopic (exact) mass is 882 g/mol. The van der Waals surface area contributed by atoms with Crippen molar-refractivity contribution in [3.05, 3.63) is 0 Å². The van der Waals surface area contributed by atoms with Crippen molar-refractivity contribution in [2.24, 2.45) is 17.8 Å². The molecule has 6 nitrogen and oxygen atoms in total. The molecule has 0 aliphatic rings. The van der Waals surface area contributed by atoms with Crippen LogP contribution >= 0.6 is 37.9 Å². The van der Waals surface area contributed by atoms with Crippen LogP contribution in [0.5, 0.6) is 0 Å². The average Bonchev–Trinajstić information content (AvgIpc) is 3.09. The minimum atomic E-state index is -0.390. The molecule has 0 amide bonds. The van der Waals surface area contributed by atoms with Crippen LogP contribution < -0.4 is 0 Å². The van der Waals surface area contributed by atoms with E-state index >= 15 is 0 Å². The van der Waals surface area contributed by atoms with E-state index in [2.05, 4.69) is 138 Å². The Hall–Kier alpha value is 1.31. The number of hydrogen-bond acceptors (Lipinski definition) is 12. The number of rotatable bonds is 23. The molecule has 0 aromatic carbocycles. The van der Waals surface area contributed by atoms with Crippen LogP contribution in [0.2, 0.25) is 4.44 Å². The molecule has 0 N–H and O–H groups in total. The second-order valence-electron chi connectivity index (χ2n) is 11.8. The average molecular weight is 882 g/mol. The van der Waals surface area contributed by atoms with Crippen LogP contribution in [0, 0.1) is 17.8 Å². The van der Waals surface area contributed by atoms with Gasteiger partial charge in [0.05, 0.1) is 15.7 Å². The molecule has 6 unspecified atom stereocenters. The summed E-state index contributed by atoms with van der Waals surface area (Å²) in [5.41, 5.74) is 0. The molecule has 0 aromatic heterocycles. The van der Waals surface area contributed by atoms with Gasteiger partial charge in [-0.1, -0.05) is 119 Å². The Bertz CT molecular complexity index is 622. The van der Waals surface area contributed by atoms with E-state index in [4.69, 9.17) is 0 Å². The van der Waals surface area contributed by atoms with E-state index in [0.29, 0.717) is 17.8 Å². The van der Waals surface area contributed by atoms with Crippen molar-refractivity contribution in [3.63, 3.8) is 0 Å². The van der Waals surface area contributed by atoms with Gasteiger partial charge in [0.15, 0.2) is 0 Å². The van der Waals surface area contributed by atoms with Crippen molar-refractivity contribution in [1.29, 1.82) is 0 Å². The van der Waals surface area contributed by atoms with Crippen LogP contribution in [0.15, 0.2) is 0 Å². The molecule has 0 aliphatic heterocycles. The third kappa shape index (κ3) is 36.9. The van der Waals surface area contributed by atoms with Crippen LogP contribution in [0.25, 0.3) is 0 Å². The van der Waals surface area contributed by atoms with Crippen molar-refractivity contribution >= 4 is 117 Å². The van der Waals surface area contributed by atoms with Gasteiger partial charge in [-0.05, 0) is 37.0 Å². The van der Waals surface area contributed by atoms with Crippen LogP contribution in [0.4, 0.5) is 0 Å². The molecule has 47 heavy (non-hydrogen) atoms. The predicted molar refractivity (Wildman–Crippen MR) is 218 cm³/mol.